The van der Waals surface area contributed by atoms with Gasteiger partial charge in [0.15, 0.2) is 5.78 Å². The van der Waals surface area contributed by atoms with Crippen molar-refractivity contribution in [1.29, 1.82) is 0 Å². The van der Waals surface area contributed by atoms with Crippen LogP contribution >= 0.6 is 0 Å². The summed E-state index contributed by atoms with van der Waals surface area (Å²) in [5.74, 6) is 0.779. The van der Waals surface area contributed by atoms with E-state index >= 15 is 0 Å². The van der Waals surface area contributed by atoms with Crippen LogP contribution in [0.5, 0.6) is 5.75 Å². The largest absolute Gasteiger partial charge is 0.490 e. The summed E-state index contributed by atoms with van der Waals surface area (Å²) in [5, 5.41) is 1.84. The monoisotopic (exact) mass is 305 g/mol. The average Bonchev–Trinajstić information content (AvgIpc) is 2.55. The van der Waals surface area contributed by atoms with Gasteiger partial charge in [-0.15, -0.1) is 0 Å². The number of nitrogens with two attached hydrogens (primary N) is 1. The van der Waals surface area contributed by atoms with Crippen molar-refractivity contribution < 1.29 is 9.53 Å². The molecule has 3 nitrogen and oxygen atoms in total. The van der Waals surface area contributed by atoms with Crippen LogP contribution in [0.2, 0.25) is 0 Å². The Morgan fingerprint density at radius 3 is 2.22 bits per heavy atom. The molecular weight excluding hydrogens is 286 g/mol. The van der Waals surface area contributed by atoms with Crippen LogP contribution in [-0.4, -0.2) is 11.9 Å². The van der Waals surface area contributed by atoms with E-state index in [1.54, 1.807) is 24.3 Å². The van der Waals surface area contributed by atoms with Gasteiger partial charge in [0.2, 0.25) is 0 Å². The number of benzene rings is 3. The molecule has 3 rings (SSSR count). The molecule has 0 amide bonds. The van der Waals surface area contributed by atoms with Crippen molar-refractivity contribution in [2.75, 3.05) is 5.73 Å². The summed E-state index contributed by atoms with van der Waals surface area (Å²) in [6, 6.07) is 18.5. The van der Waals surface area contributed by atoms with Crippen molar-refractivity contribution in [3.05, 3.63) is 71.8 Å². The van der Waals surface area contributed by atoms with E-state index in [2.05, 4.69) is 0 Å². The molecule has 2 N–H and O–H groups in total. The third-order valence-electron chi connectivity index (χ3n) is 3.66. The van der Waals surface area contributed by atoms with Crippen molar-refractivity contribution in [1.82, 2.24) is 0 Å². The number of ketones is 1. The molecule has 0 spiro atoms. The molecule has 0 fully saturated rings. The molecule has 23 heavy (non-hydrogen) atoms. The summed E-state index contributed by atoms with van der Waals surface area (Å²) in [7, 11) is 0. The number of hydrogen-bond acceptors (Lipinski definition) is 3. The van der Waals surface area contributed by atoms with E-state index in [4.69, 9.17) is 10.5 Å². The van der Waals surface area contributed by atoms with Gasteiger partial charge < -0.3 is 10.5 Å². The Morgan fingerprint density at radius 1 is 0.913 bits per heavy atom. The van der Waals surface area contributed by atoms with E-state index in [1.807, 2.05) is 50.2 Å². The van der Waals surface area contributed by atoms with Crippen molar-refractivity contribution in [2.24, 2.45) is 0 Å². The van der Waals surface area contributed by atoms with Crippen molar-refractivity contribution >= 4 is 22.2 Å². The highest BCUT2D eigenvalue weighted by Gasteiger charge is 2.15. The van der Waals surface area contributed by atoms with E-state index in [0.29, 0.717) is 16.8 Å². The Balaban J connectivity index is 2.11. The first-order valence-corrected chi connectivity index (χ1v) is 7.65. The Hall–Kier alpha value is -2.81. The molecule has 0 aromatic heterocycles. The standard InChI is InChI=1S/C20H19NO2/c1-13(2)23-19-12-11-18(16-5-3-4-6-17(16)19)20(22)14-7-9-15(21)10-8-14/h3-13H,21H2,1-2H3. The van der Waals surface area contributed by atoms with Gasteiger partial charge in [-0.2, -0.15) is 0 Å². The molecule has 3 aromatic rings. The second-order valence-corrected chi connectivity index (χ2v) is 5.77. The van der Waals surface area contributed by atoms with Gasteiger partial charge in [-0.3, -0.25) is 4.79 Å². The molecule has 0 saturated carbocycles. The molecule has 0 saturated heterocycles. The molecule has 0 bridgehead atoms. The minimum atomic E-state index is -0.0164. The molecule has 0 aliphatic heterocycles. The van der Waals surface area contributed by atoms with E-state index in [1.165, 1.54) is 0 Å². The number of carbonyl (C=O) groups excluding carboxylic acids is 1. The normalized spacial score (nSPS) is 10.9. The van der Waals surface area contributed by atoms with Gasteiger partial charge in [-0.25, -0.2) is 0 Å². The highest BCUT2D eigenvalue weighted by Crippen LogP contribution is 2.30. The lowest BCUT2D eigenvalue weighted by atomic mass is 9.96. The van der Waals surface area contributed by atoms with Crippen LogP contribution in [0.25, 0.3) is 10.8 Å². The first kappa shape index (κ1) is 15.1. The third kappa shape index (κ3) is 3.04. The Labute approximate surface area is 135 Å². The molecule has 116 valence electrons. The van der Waals surface area contributed by atoms with Crippen molar-refractivity contribution in [3.8, 4) is 5.75 Å². The van der Waals surface area contributed by atoms with Gasteiger partial charge in [0.1, 0.15) is 5.75 Å². The fourth-order valence-corrected chi connectivity index (χ4v) is 2.62. The fraction of sp³-hybridized carbons (Fsp3) is 0.150. The fourth-order valence-electron chi connectivity index (χ4n) is 2.62. The number of fused-ring (bicyclic) bond motifs is 1. The minimum Gasteiger partial charge on any atom is -0.490 e. The first-order valence-electron chi connectivity index (χ1n) is 7.65. The lowest BCUT2D eigenvalue weighted by Crippen LogP contribution is -2.07. The summed E-state index contributed by atoms with van der Waals surface area (Å²) in [6.45, 7) is 3.98. The summed E-state index contributed by atoms with van der Waals surface area (Å²) < 4.78 is 5.86. The zero-order valence-corrected chi connectivity index (χ0v) is 13.2. The highest BCUT2D eigenvalue weighted by atomic mass is 16.5. The van der Waals surface area contributed by atoms with Gasteiger partial charge >= 0.3 is 0 Å². The van der Waals surface area contributed by atoms with Crippen LogP contribution in [0.15, 0.2) is 60.7 Å². The molecular formula is C20H19NO2. The molecule has 0 radical (unpaired) electrons. The van der Waals surface area contributed by atoms with Crippen molar-refractivity contribution in [2.45, 2.75) is 20.0 Å². The maximum Gasteiger partial charge on any atom is 0.193 e. The maximum absolute atomic E-state index is 12.8. The second kappa shape index (κ2) is 6.13. The predicted octanol–water partition coefficient (Wildman–Crippen LogP) is 4.44. The van der Waals surface area contributed by atoms with Crippen LogP contribution in [0.1, 0.15) is 29.8 Å². The summed E-state index contributed by atoms with van der Waals surface area (Å²) >= 11 is 0. The van der Waals surface area contributed by atoms with Crippen LogP contribution in [-0.2, 0) is 0 Å². The van der Waals surface area contributed by atoms with Gasteiger partial charge in [0.25, 0.3) is 0 Å². The Kier molecular flexibility index (Phi) is 4.02. The van der Waals surface area contributed by atoms with Gasteiger partial charge in [0.05, 0.1) is 6.10 Å². The molecule has 3 aromatic carbocycles. The summed E-state index contributed by atoms with van der Waals surface area (Å²) in [5.41, 5.74) is 7.63. The SMILES string of the molecule is CC(C)Oc1ccc(C(=O)c2ccc(N)cc2)c2ccccc12. The van der Waals surface area contributed by atoms with Crippen LogP contribution in [0.4, 0.5) is 5.69 Å². The molecule has 3 heteroatoms. The van der Waals surface area contributed by atoms with Gasteiger partial charge in [-0.1, -0.05) is 24.3 Å². The van der Waals surface area contributed by atoms with E-state index in [9.17, 15) is 4.79 Å². The summed E-state index contributed by atoms with van der Waals surface area (Å²) in [4.78, 5) is 12.8. The average molecular weight is 305 g/mol. The van der Waals surface area contributed by atoms with Crippen molar-refractivity contribution in [3.63, 3.8) is 0 Å². The van der Waals surface area contributed by atoms with Gasteiger partial charge in [-0.05, 0) is 55.6 Å². The van der Waals surface area contributed by atoms with E-state index < -0.39 is 0 Å². The summed E-state index contributed by atoms with van der Waals surface area (Å²) in [6.07, 6.45) is 0.0806. The predicted molar refractivity (Wildman–Crippen MR) is 94.0 cm³/mol. The number of anilines is 1. The quantitative estimate of drug-likeness (QED) is 0.572. The maximum atomic E-state index is 12.8. The zero-order chi connectivity index (χ0) is 16.4. The molecule has 0 aliphatic rings. The number of hydrogen-bond donors (Lipinski definition) is 1. The second-order valence-electron chi connectivity index (χ2n) is 5.77. The lowest BCUT2D eigenvalue weighted by Gasteiger charge is -2.14. The number of ether oxygens (including phenoxy) is 1. The molecule has 0 heterocycles. The molecule has 0 unspecified atom stereocenters. The number of carbonyl (C=O) groups is 1. The smallest absolute Gasteiger partial charge is 0.193 e. The van der Waals surface area contributed by atoms with E-state index in [-0.39, 0.29) is 11.9 Å². The number of nitrogen functional groups attached to an aromatic ring is 1. The third-order valence-corrected chi connectivity index (χ3v) is 3.66. The van der Waals surface area contributed by atoms with Crippen LogP contribution in [0, 0.1) is 0 Å². The lowest BCUT2D eigenvalue weighted by molar-refractivity contribution is 0.104. The Morgan fingerprint density at radius 2 is 1.57 bits per heavy atom. The zero-order valence-electron chi connectivity index (χ0n) is 13.2. The van der Waals surface area contributed by atoms with Crippen LogP contribution in [0.3, 0.4) is 0 Å². The molecule has 0 aliphatic carbocycles. The Bertz CT molecular complexity index is 851. The topological polar surface area (TPSA) is 52.3 Å². The number of rotatable bonds is 4. The minimum absolute atomic E-state index is 0.0164. The molecule has 0 atom stereocenters. The van der Waals surface area contributed by atoms with Gasteiger partial charge in [0, 0.05) is 22.2 Å². The first-order chi connectivity index (χ1) is 11.1. The van der Waals surface area contributed by atoms with Crippen LogP contribution < -0.4 is 10.5 Å². The van der Waals surface area contributed by atoms with E-state index in [0.717, 1.165) is 16.5 Å². The highest BCUT2D eigenvalue weighted by molar-refractivity contribution is 6.17.